The molecule has 0 saturated carbocycles. The van der Waals surface area contributed by atoms with Gasteiger partial charge < -0.3 is 10.1 Å². The van der Waals surface area contributed by atoms with Gasteiger partial charge in [0.1, 0.15) is 0 Å². The maximum atomic E-state index is 5.40. The molecular weight excluding hydrogens is 234 g/mol. The van der Waals surface area contributed by atoms with E-state index >= 15 is 0 Å². The fraction of sp³-hybridized carbons (Fsp3) is 0.647. The molecule has 0 aliphatic heterocycles. The van der Waals surface area contributed by atoms with Crippen molar-refractivity contribution in [2.45, 2.75) is 52.0 Å². The van der Waals surface area contributed by atoms with Gasteiger partial charge in [0.25, 0.3) is 0 Å². The minimum atomic E-state index is 0.551. The number of nitrogens with one attached hydrogen (secondary N) is 1. The maximum Gasteiger partial charge on any atom is 0.0465 e. The summed E-state index contributed by atoms with van der Waals surface area (Å²) in [5.74, 6) is 0.616. The van der Waals surface area contributed by atoms with Gasteiger partial charge in [-0.1, -0.05) is 50.6 Å². The molecule has 1 aromatic carbocycles. The van der Waals surface area contributed by atoms with Crippen molar-refractivity contribution < 1.29 is 4.74 Å². The zero-order valence-electron chi connectivity index (χ0n) is 12.7. The van der Waals surface area contributed by atoms with Crippen molar-refractivity contribution >= 4 is 0 Å². The second-order valence-electron chi connectivity index (χ2n) is 5.36. The van der Waals surface area contributed by atoms with E-state index in [2.05, 4.69) is 56.4 Å². The average Bonchev–Trinajstić information content (AvgIpc) is 2.42. The van der Waals surface area contributed by atoms with Crippen LogP contribution in [0.4, 0.5) is 0 Å². The second kappa shape index (κ2) is 9.99. The van der Waals surface area contributed by atoms with Crippen molar-refractivity contribution in [3.05, 3.63) is 35.9 Å². The Morgan fingerprint density at radius 2 is 1.84 bits per heavy atom. The van der Waals surface area contributed by atoms with Crippen molar-refractivity contribution in [1.29, 1.82) is 0 Å². The molecule has 19 heavy (non-hydrogen) atoms. The van der Waals surface area contributed by atoms with Crippen LogP contribution < -0.4 is 5.32 Å². The smallest absolute Gasteiger partial charge is 0.0465 e. The highest BCUT2D eigenvalue weighted by Gasteiger charge is 2.11. The topological polar surface area (TPSA) is 21.3 Å². The molecule has 108 valence electrons. The molecule has 0 saturated heterocycles. The molecule has 0 spiro atoms. The lowest BCUT2D eigenvalue weighted by molar-refractivity contribution is 0.142. The second-order valence-corrected chi connectivity index (χ2v) is 5.36. The lowest BCUT2D eigenvalue weighted by Crippen LogP contribution is -2.28. The Labute approximate surface area is 118 Å². The Balaban J connectivity index is 2.41. The van der Waals surface area contributed by atoms with E-state index in [9.17, 15) is 0 Å². The van der Waals surface area contributed by atoms with Crippen molar-refractivity contribution in [1.82, 2.24) is 5.32 Å². The van der Waals surface area contributed by atoms with Crippen LogP contribution in [-0.2, 0) is 4.74 Å². The number of hydrogen-bond donors (Lipinski definition) is 1. The summed E-state index contributed by atoms with van der Waals surface area (Å²) in [6.07, 6.45) is 3.63. The molecule has 1 rings (SSSR count). The summed E-state index contributed by atoms with van der Waals surface area (Å²) in [5.41, 5.74) is 1.45. The van der Waals surface area contributed by atoms with Crippen LogP contribution >= 0.6 is 0 Å². The monoisotopic (exact) mass is 263 g/mol. The fourth-order valence-electron chi connectivity index (χ4n) is 2.23. The van der Waals surface area contributed by atoms with Gasteiger partial charge in [0.15, 0.2) is 0 Å². The summed E-state index contributed by atoms with van der Waals surface area (Å²) in [4.78, 5) is 0. The molecule has 0 aromatic heterocycles. The first-order chi connectivity index (χ1) is 9.24. The van der Waals surface area contributed by atoms with Crippen LogP contribution in [0.5, 0.6) is 0 Å². The minimum absolute atomic E-state index is 0.551. The number of ether oxygens (including phenoxy) is 1. The number of hydrogen-bond acceptors (Lipinski definition) is 2. The molecule has 1 atom stereocenters. The van der Waals surface area contributed by atoms with Gasteiger partial charge in [-0.25, -0.2) is 0 Å². The Kier molecular flexibility index (Phi) is 8.52. The summed E-state index contributed by atoms with van der Waals surface area (Å²) in [7, 11) is 0. The van der Waals surface area contributed by atoms with E-state index in [0.717, 1.165) is 19.8 Å². The molecule has 2 nitrogen and oxygen atoms in total. The molecular formula is C17H29NO. The molecule has 0 heterocycles. The molecule has 0 bridgehead atoms. The predicted octanol–water partition coefficient (Wildman–Crippen LogP) is 3.98. The van der Waals surface area contributed by atoms with Gasteiger partial charge in [-0.15, -0.1) is 0 Å². The third kappa shape index (κ3) is 7.34. The van der Waals surface area contributed by atoms with Crippen molar-refractivity contribution in [2.75, 3.05) is 19.8 Å². The van der Waals surface area contributed by atoms with Gasteiger partial charge in [-0.05, 0) is 31.2 Å². The number of unbranched alkanes of at least 4 members (excludes halogenated alkanes) is 1. The maximum absolute atomic E-state index is 5.40. The molecule has 0 radical (unpaired) electrons. The molecule has 2 heteroatoms. The summed E-state index contributed by atoms with van der Waals surface area (Å²) < 4.78 is 5.40. The van der Waals surface area contributed by atoms with E-state index in [4.69, 9.17) is 4.74 Å². The van der Waals surface area contributed by atoms with Crippen molar-refractivity contribution in [3.8, 4) is 0 Å². The Morgan fingerprint density at radius 1 is 1.11 bits per heavy atom. The summed E-state index contributed by atoms with van der Waals surface area (Å²) in [6.45, 7) is 9.26. The first-order valence-corrected chi connectivity index (χ1v) is 7.60. The van der Waals surface area contributed by atoms with Crippen LogP contribution in [-0.4, -0.2) is 25.8 Å². The summed E-state index contributed by atoms with van der Waals surface area (Å²) in [6, 6.07) is 11.4. The third-order valence-electron chi connectivity index (χ3n) is 3.34. The van der Waals surface area contributed by atoms with E-state index in [0.29, 0.717) is 12.0 Å². The van der Waals surface area contributed by atoms with E-state index in [1.165, 1.54) is 24.8 Å². The zero-order valence-corrected chi connectivity index (χ0v) is 12.7. The molecule has 0 amide bonds. The van der Waals surface area contributed by atoms with Gasteiger partial charge in [-0.3, -0.25) is 0 Å². The van der Waals surface area contributed by atoms with Gasteiger partial charge >= 0.3 is 0 Å². The van der Waals surface area contributed by atoms with E-state index in [1.807, 2.05) is 0 Å². The normalized spacial score (nSPS) is 12.8. The van der Waals surface area contributed by atoms with E-state index in [1.54, 1.807) is 0 Å². The number of benzene rings is 1. The molecule has 1 unspecified atom stereocenters. The lowest BCUT2D eigenvalue weighted by atomic mass is 9.93. The van der Waals surface area contributed by atoms with Crippen molar-refractivity contribution in [3.63, 3.8) is 0 Å². The predicted molar refractivity (Wildman–Crippen MR) is 82.7 cm³/mol. The molecule has 1 N–H and O–H groups in total. The molecule has 0 aliphatic carbocycles. The average molecular weight is 263 g/mol. The molecule has 0 aliphatic rings. The molecule has 1 aromatic rings. The van der Waals surface area contributed by atoms with Gasteiger partial charge in [-0.2, -0.15) is 0 Å². The number of rotatable bonds is 10. The quantitative estimate of drug-likeness (QED) is 0.645. The highest BCUT2D eigenvalue weighted by Crippen LogP contribution is 2.21. The van der Waals surface area contributed by atoms with Crippen LogP contribution in [0.1, 0.15) is 51.5 Å². The van der Waals surface area contributed by atoms with Crippen LogP contribution in [0.15, 0.2) is 30.3 Å². The van der Waals surface area contributed by atoms with Gasteiger partial charge in [0.2, 0.25) is 0 Å². The zero-order chi connectivity index (χ0) is 13.9. The first kappa shape index (κ1) is 16.2. The third-order valence-corrected chi connectivity index (χ3v) is 3.34. The first-order valence-electron chi connectivity index (χ1n) is 7.60. The summed E-state index contributed by atoms with van der Waals surface area (Å²) >= 11 is 0. The fourth-order valence-corrected chi connectivity index (χ4v) is 2.23. The van der Waals surface area contributed by atoms with E-state index in [-0.39, 0.29) is 0 Å². The Hall–Kier alpha value is -0.860. The Bertz CT molecular complexity index is 310. The van der Waals surface area contributed by atoms with Gasteiger partial charge in [0.05, 0.1) is 0 Å². The van der Waals surface area contributed by atoms with Gasteiger partial charge in [0, 0.05) is 25.8 Å². The van der Waals surface area contributed by atoms with Crippen LogP contribution in [0, 0.1) is 0 Å². The largest absolute Gasteiger partial charge is 0.382 e. The highest BCUT2D eigenvalue weighted by atomic mass is 16.5. The van der Waals surface area contributed by atoms with Crippen LogP contribution in [0.2, 0.25) is 0 Å². The summed E-state index contributed by atoms with van der Waals surface area (Å²) in [5, 5.41) is 3.56. The Morgan fingerprint density at radius 3 is 2.47 bits per heavy atom. The minimum Gasteiger partial charge on any atom is -0.382 e. The van der Waals surface area contributed by atoms with Crippen molar-refractivity contribution in [2.24, 2.45) is 0 Å². The molecule has 0 fully saturated rings. The standard InChI is InChI=1S/C17H29NO/c1-4-19-13-9-8-12-17(14-18-15(2)3)16-10-6-5-7-11-16/h5-7,10-11,15,17-18H,4,8-9,12-14H2,1-3H3. The lowest BCUT2D eigenvalue weighted by Gasteiger charge is -2.19. The van der Waals surface area contributed by atoms with Crippen LogP contribution in [0.3, 0.4) is 0 Å². The van der Waals surface area contributed by atoms with E-state index < -0.39 is 0 Å². The highest BCUT2D eigenvalue weighted by molar-refractivity contribution is 5.19. The SMILES string of the molecule is CCOCCCCC(CNC(C)C)c1ccccc1. The van der Waals surface area contributed by atoms with Crippen LogP contribution in [0.25, 0.3) is 0 Å².